The average molecular weight is 576 g/mol. The fraction of sp³-hybridized carbons (Fsp3) is 0.133. The Balaban J connectivity index is 1.28. The molecule has 0 fully saturated rings. The van der Waals surface area contributed by atoms with Crippen molar-refractivity contribution in [2.75, 3.05) is 18.5 Å². The van der Waals surface area contributed by atoms with Crippen molar-refractivity contribution in [2.45, 2.75) is 12.8 Å². The Morgan fingerprint density at radius 3 is 1.97 bits per heavy atom. The Morgan fingerprint density at radius 1 is 0.757 bits per heavy atom. The fourth-order valence-corrected chi connectivity index (χ4v) is 4.20. The highest BCUT2D eigenvalue weighted by Gasteiger charge is 2.15. The van der Waals surface area contributed by atoms with E-state index in [2.05, 4.69) is 38.7 Å². The summed E-state index contributed by atoms with van der Waals surface area (Å²) >= 11 is 8.80. The van der Waals surface area contributed by atoms with Crippen LogP contribution in [0.25, 0.3) is 0 Å². The lowest BCUT2D eigenvalue weighted by atomic mass is 10.1. The molecule has 0 aliphatic heterocycles. The smallest absolute Gasteiger partial charge is 0.261 e. The Kier molecular flexibility index (Phi) is 9.68. The van der Waals surface area contributed by atoms with E-state index in [1.165, 1.54) is 11.1 Å². The normalized spacial score (nSPS) is 10.4. The molecule has 0 heterocycles. The molecule has 4 rings (SSSR count). The summed E-state index contributed by atoms with van der Waals surface area (Å²) in [6.07, 6.45) is 1.58. The average Bonchev–Trinajstić information content (AvgIpc) is 2.91. The second-order valence-electron chi connectivity index (χ2n) is 8.24. The van der Waals surface area contributed by atoms with Gasteiger partial charge in [-0.2, -0.15) is 0 Å². The van der Waals surface area contributed by atoms with Gasteiger partial charge in [-0.3, -0.25) is 10.1 Å². The van der Waals surface area contributed by atoms with E-state index in [9.17, 15) is 4.79 Å². The first-order valence-corrected chi connectivity index (χ1v) is 13.1. The molecule has 0 aromatic heterocycles. The van der Waals surface area contributed by atoms with Gasteiger partial charge in [-0.25, -0.2) is 0 Å². The highest BCUT2D eigenvalue weighted by molar-refractivity contribution is 9.10. The van der Waals surface area contributed by atoms with Crippen LogP contribution in [0.4, 0.5) is 5.69 Å². The first-order chi connectivity index (χ1) is 18.1. The number of nitrogens with one attached hydrogen (secondary N) is 2. The molecule has 0 spiro atoms. The molecule has 0 bridgehead atoms. The lowest BCUT2D eigenvalue weighted by Gasteiger charge is -2.14. The van der Waals surface area contributed by atoms with Gasteiger partial charge in [0.1, 0.15) is 11.5 Å². The molecule has 5 nitrogen and oxygen atoms in total. The van der Waals surface area contributed by atoms with E-state index in [1.54, 1.807) is 12.1 Å². The zero-order valence-electron chi connectivity index (χ0n) is 20.2. The summed E-state index contributed by atoms with van der Waals surface area (Å²) in [7, 11) is 0. The van der Waals surface area contributed by atoms with Gasteiger partial charge in [-0.1, -0.05) is 76.6 Å². The van der Waals surface area contributed by atoms with Crippen molar-refractivity contribution in [1.82, 2.24) is 5.32 Å². The quantitative estimate of drug-likeness (QED) is 0.203. The van der Waals surface area contributed by atoms with Crippen LogP contribution in [-0.2, 0) is 12.8 Å². The minimum absolute atomic E-state index is 0.193. The molecule has 4 aromatic carbocycles. The molecular weight excluding hydrogens is 548 g/mol. The summed E-state index contributed by atoms with van der Waals surface area (Å²) in [4.78, 5) is 13.0. The van der Waals surface area contributed by atoms with Gasteiger partial charge in [0.2, 0.25) is 0 Å². The first-order valence-electron chi connectivity index (χ1n) is 11.9. The maximum Gasteiger partial charge on any atom is 0.261 e. The van der Waals surface area contributed by atoms with Crippen molar-refractivity contribution in [1.29, 1.82) is 0 Å². The molecule has 37 heavy (non-hydrogen) atoms. The molecule has 0 saturated carbocycles. The van der Waals surface area contributed by atoms with Crippen molar-refractivity contribution >= 4 is 44.9 Å². The number of hydrogen-bond acceptors (Lipinski definition) is 4. The highest BCUT2D eigenvalue weighted by Crippen LogP contribution is 2.24. The van der Waals surface area contributed by atoms with Gasteiger partial charge < -0.3 is 14.8 Å². The second kappa shape index (κ2) is 13.6. The summed E-state index contributed by atoms with van der Waals surface area (Å²) in [6.45, 7) is 1.04. The zero-order valence-corrected chi connectivity index (χ0v) is 22.6. The van der Waals surface area contributed by atoms with E-state index < -0.39 is 0 Å². The second-order valence-corrected chi connectivity index (χ2v) is 9.57. The summed E-state index contributed by atoms with van der Waals surface area (Å²) in [5.74, 6) is 0.911. The van der Waals surface area contributed by atoms with Gasteiger partial charge in [0, 0.05) is 23.0 Å². The van der Waals surface area contributed by atoms with Crippen molar-refractivity contribution in [2.24, 2.45) is 0 Å². The minimum atomic E-state index is -0.352. The van der Waals surface area contributed by atoms with Crippen molar-refractivity contribution in [3.05, 3.63) is 124 Å². The van der Waals surface area contributed by atoms with Crippen molar-refractivity contribution in [3.63, 3.8) is 0 Å². The van der Waals surface area contributed by atoms with Crippen LogP contribution in [0.15, 0.2) is 108 Å². The number of anilines is 1. The fourth-order valence-electron chi connectivity index (χ4n) is 3.63. The Morgan fingerprint density at radius 2 is 1.35 bits per heavy atom. The Hall–Kier alpha value is -3.68. The number of halogens is 1. The van der Waals surface area contributed by atoms with Crippen molar-refractivity contribution in [3.8, 4) is 11.5 Å². The van der Waals surface area contributed by atoms with Gasteiger partial charge in [0.15, 0.2) is 5.11 Å². The minimum Gasteiger partial charge on any atom is -0.493 e. The van der Waals surface area contributed by atoms with Crippen LogP contribution in [0.3, 0.4) is 0 Å². The Labute approximate surface area is 231 Å². The van der Waals surface area contributed by atoms with Crippen LogP contribution < -0.4 is 20.1 Å². The van der Waals surface area contributed by atoms with E-state index in [0.29, 0.717) is 24.5 Å². The molecule has 0 saturated heterocycles. The van der Waals surface area contributed by atoms with E-state index in [1.807, 2.05) is 78.9 Å². The van der Waals surface area contributed by atoms with Crippen LogP contribution in [-0.4, -0.2) is 24.2 Å². The third-order valence-electron chi connectivity index (χ3n) is 5.52. The molecule has 2 N–H and O–H groups in total. The van der Waals surface area contributed by atoms with Crippen LogP contribution in [0.2, 0.25) is 0 Å². The number of ether oxygens (including phenoxy) is 2. The maximum atomic E-state index is 13.0. The number of rotatable bonds is 10. The summed E-state index contributed by atoms with van der Waals surface area (Å²) in [6, 6.07) is 33.1. The number of benzene rings is 4. The third kappa shape index (κ3) is 8.44. The summed E-state index contributed by atoms with van der Waals surface area (Å²) in [5.41, 5.74) is 3.55. The SMILES string of the molecule is O=C(NC(=S)Nc1ccc(OCCc2ccccc2)cc1)c1cc(Br)ccc1OCCc1ccccc1. The van der Waals surface area contributed by atoms with Gasteiger partial charge in [-0.15, -0.1) is 0 Å². The Bertz CT molecular complexity index is 1320. The van der Waals surface area contributed by atoms with Crippen LogP contribution in [0, 0.1) is 0 Å². The van der Waals surface area contributed by atoms with E-state index in [4.69, 9.17) is 21.7 Å². The summed E-state index contributed by atoms with van der Waals surface area (Å²) in [5, 5.41) is 5.97. The number of amides is 1. The summed E-state index contributed by atoms with van der Waals surface area (Å²) < 4.78 is 12.5. The molecule has 4 aromatic rings. The highest BCUT2D eigenvalue weighted by atomic mass is 79.9. The molecule has 0 radical (unpaired) electrons. The number of carbonyl (C=O) groups is 1. The lowest BCUT2D eigenvalue weighted by molar-refractivity contribution is 0.0973. The monoisotopic (exact) mass is 574 g/mol. The van der Waals surface area contributed by atoms with Gasteiger partial charge in [0.25, 0.3) is 5.91 Å². The van der Waals surface area contributed by atoms with Crippen LogP contribution in [0.5, 0.6) is 11.5 Å². The zero-order chi connectivity index (χ0) is 25.9. The van der Waals surface area contributed by atoms with Crippen LogP contribution in [0.1, 0.15) is 21.5 Å². The maximum absolute atomic E-state index is 13.0. The molecule has 0 atom stereocenters. The topological polar surface area (TPSA) is 59.6 Å². The number of thiocarbonyl (C=S) groups is 1. The van der Waals surface area contributed by atoms with Gasteiger partial charge >= 0.3 is 0 Å². The molecule has 0 unspecified atom stereocenters. The van der Waals surface area contributed by atoms with Crippen molar-refractivity contribution < 1.29 is 14.3 Å². The van der Waals surface area contributed by atoms with Crippen LogP contribution >= 0.6 is 28.1 Å². The molecule has 188 valence electrons. The molecule has 1 amide bonds. The largest absolute Gasteiger partial charge is 0.493 e. The third-order valence-corrected chi connectivity index (χ3v) is 6.22. The number of hydrogen-bond donors (Lipinski definition) is 2. The molecule has 0 aliphatic rings. The molecular formula is C30H27BrN2O3S. The van der Waals surface area contributed by atoms with Gasteiger partial charge in [-0.05, 0) is 65.8 Å². The lowest BCUT2D eigenvalue weighted by Crippen LogP contribution is -2.34. The van der Waals surface area contributed by atoms with E-state index >= 15 is 0 Å². The standard InChI is InChI=1S/C30H27BrN2O3S/c31-24-11-16-28(36-20-18-23-9-5-2-6-10-23)27(21-24)29(34)33-30(37)32-25-12-14-26(15-13-25)35-19-17-22-7-3-1-4-8-22/h1-16,21H,17-20H2,(H2,32,33,34,37). The molecule has 0 aliphatic carbocycles. The predicted octanol–water partition coefficient (Wildman–Crippen LogP) is 6.82. The van der Waals surface area contributed by atoms with E-state index in [-0.39, 0.29) is 11.0 Å². The van der Waals surface area contributed by atoms with Gasteiger partial charge in [0.05, 0.1) is 18.8 Å². The predicted molar refractivity (Wildman–Crippen MR) is 156 cm³/mol. The van der Waals surface area contributed by atoms with E-state index in [0.717, 1.165) is 28.8 Å². The molecule has 7 heteroatoms. The first kappa shape index (κ1) is 26.4. The number of carbonyl (C=O) groups excluding carboxylic acids is 1.